The Balaban J connectivity index is 1.66. The molecule has 18 nitrogen and oxygen atoms in total. The molecular formula is C45H65N5O13. The van der Waals surface area contributed by atoms with Gasteiger partial charge in [-0.15, -0.1) is 0 Å². The summed E-state index contributed by atoms with van der Waals surface area (Å²) in [5, 5.41) is 20.7. The predicted molar refractivity (Wildman–Crippen MR) is 228 cm³/mol. The molecule has 63 heavy (non-hydrogen) atoms. The van der Waals surface area contributed by atoms with Crippen molar-refractivity contribution >= 4 is 35.1 Å². The molecule has 2 aromatic heterocycles. The molecule has 18 heteroatoms. The lowest BCUT2D eigenvalue weighted by molar-refractivity contribution is -0.298. The molecule has 0 unspecified atom stereocenters. The van der Waals surface area contributed by atoms with Crippen molar-refractivity contribution in [2.75, 3.05) is 27.3 Å². The maximum absolute atomic E-state index is 14.7. The number of fused-ring (bicyclic) bond motifs is 5. The number of carbonyl (C=O) groups excluding carboxylic acids is 4. The molecule has 0 aromatic carbocycles. The molecule has 5 heterocycles. The number of cyclic esters (lactones) is 1. The summed E-state index contributed by atoms with van der Waals surface area (Å²) in [4.78, 5) is 70.9. The van der Waals surface area contributed by atoms with Crippen LogP contribution in [-0.2, 0) is 59.0 Å². The lowest BCUT2D eigenvalue weighted by Crippen LogP contribution is -2.60. The van der Waals surface area contributed by atoms with Crippen LogP contribution in [0.25, 0.3) is 11.5 Å². The fourth-order valence-corrected chi connectivity index (χ4v) is 9.11. The summed E-state index contributed by atoms with van der Waals surface area (Å²) in [5.41, 5.74) is -1.40. The van der Waals surface area contributed by atoms with Gasteiger partial charge in [0.15, 0.2) is 23.9 Å². The highest BCUT2D eigenvalue weighted by Gasteiger charge is 2.53. The first-order valence-electron chi connectivity index (χ1n) is 21.7. The van der Waals surface area contributed by atoms with E-state index in [0.717, 1.165) is 0 Å². The molecule has 1 N–H and O–H groups in total. The van der Waals surface area contributed by atoms with E-state index >= 15 is 0 Å². The summed E-state index contributed by atoms with van der Waals surface area (Å²) in [7, 11) is 3.74. The number of amides is 1. The summed E-state index contributed by atoms with van der Waals surface area (Å²) in [6.07, 6.45) is -2.00. The van der Waals surface area contributed by atoms with E-state index < -0.39 is 89.2 Å². The fourth-order valence-electron chi connectivity index (χ4n) is 9.11. The van der Waals surface area contributed by atoms with Gasteiger partial charge < -0.3 is 47.8 Å². The monoisotopic (exact) mass is 883 g/mol. The molecular weight excluding hydrogens is 819 g/mol. The van der Waals surface area contributed by atoms with Gasteiger partial charge >= 0.3 is 11.9 Å². The van der Waals surface area contributed by atoms with Gasteiger partial charge in [0, 0.05) is 49.2 Å². The van der Waals surface area contributed by atoms with Gasteiger partial charge in [0.2, 0.25) is 5.91 Å². The third-order valence-corrected chi connectivity index (χ3v) is 12.3. The molecule has 5 rings (SSSR count). The molecule has 3 saturated heterocycles. The van der Waals surface area contributed by atoms with E-state index in [1.807, 2.05) is 38.9 Å². The van der Waals surface area contributed by atoms with Gasteiger partial charge in [-0.2, -0.15) is 0 Å². The first-order chi connectivity index (χ1) is 29.7. The zero-order valence-electron chi connectivity index (χ0n) is 38.6. The number of hydrogen-bond acceptors (Lipinski definition) is 17. The molecule has 0 aliphatic carbocycles. The number of aromatic nitrogens is 2. The van der Waals surface area contributed by atoms with E-state index in [-0.39, 0.29) is 50.5 Å². The highest BCUT2D eigenvalue weighted by molar-refractivity contribution is 6.00. The zero-order chi connectivity index (χ0) is 46.4. The van der Waals surface area contributed by atoms with Crippen LogP contribution < -0.4 is 0 Å². The zero-order valence-corrected chi connectivity index (χ0v) is 38.6. The van der Waals surface area contributed by atoms with Gasteiger partial charge in [-0.25, -0.2) is 4.99 Å². The minimum atomic E-state index is -1.88. The van der Waals surface area contributed by atoms with Crippen LogP contribution in [0.2, 0.25) is 0 Å². The Hall–Kier alpha value is -4.46. The van der Waals surface area contributed by atoms with Gasteiger partial charge in [-0.3, -0.25) is 24.2 Å². The summed E-state index contributed by atoms with van der Waals surface area (Å²) in [5.74, 6) is -5.57. The number of carbonyl (C=O) groups is 4. The second-order valence-corrected chi connectivity index (χ2v) is 17.8. The number of pyridine rings is 1. The lowest BCUT2D eigenvalue weighted by Gasteiger charge is -2.48. The summed E-state index contributed by atoms with van der Waals surface area (Å²) in [6.45, 7) is 15.9. The van der Waals surface area contributed by atoms with Crippen LogP contribution in [0.4, 0.5) is 0 Å². The van der Waals surface area contributed by atoms with Crippen molar-refractivity contribution in [3.8, 4) is 11.5 Å². The predicted octanol–water partition coefficient (Wildman–Crippen LogP) is 4.74. The normalized spacial score (nSPS) is 36.3. The van der Waals surface area contributed by atoms with Gasteiger partial charge in [-0.1, -0.05) is 44.1 Å². The van der Waals surface area contributed by atoms with Crippen molar-refractivity contribution in [1.29, 1.82) is 0 Å². The molecule has 348 valence electrons. The molecule has 3 aliphatic heterocycles. The Labute approximate surface area is 369 Å². The van der Waals surface area contributed by atoms with E-state index in [9.17, 15) is 24.3 Å². The largest absolute Gasteiger partial charge is 0.459 e. The summed E-state index contributed by atoms with van der Waals surface area (Å²) < 4.78 is 44.0. The van der Waals surface area contributed by atoms with Crippen LogP contribution in [-0.4, -0.2) is 137 Å². The second-order valence-electron chi connectivity index (χ2n) is 17.8. The van der Waals surface area contributed by atoms with Crippen LogP contribution in [0.1, 0.15) is 94.1 Å². The number of aliphatic imine (C=N–C) groups is 1. The molecule has 3 fully saturated rings. The molecule has 3 aliphatic rings. The minimum absolute atomic E-state index is 0.0131. The number of likely N-dealkylation sites (N-methyl/N-ethyl adjacent to an activating group) is 1. The van der Waals surface area contributed by atoms with E-state index in [4.69, 9.17) is 37.8 Å². The molecule has 1 amide bonds. The number of Topliss-reactive ketones (excluding diaryl/α,β-unsaturated/α-hetero) is 1. The number of hydrogen-bond donors (Lipinski definition) is 1. The highest BCUT2D eigenvalue weighted by Crippen LogP contribution is 2.40. The third-order valence-electron chi connectivity index (χ3n) is 12.3. The summed E-state index contributed by atoms with van der Waals surface area (Å²) in [6, 6.07) is 4.95. The fraction of sp³-hybridized carbons (Fsp3) is 0.689. The molecule has 0 saturated carbocycles. The van der Waals surface area contributed by atoms with E-state index in [0.29, 0.717) is 29.2 Å². The van der Waals surface area contributed by atoms with Crippen LogP contribution in [0.15, 0.2) is 45.3 Å². The molecule has 2 aromatic rings. The van der Waals surface area contributed by atoms with Gasteiger partial charge in [0.1, 0.15) is 35.6 Å². The number of aliphatic hydroxyl groups is 1. The lowest BCUT2D eigenvalue weighted by atomic mass is 9.73. The van der Waals surface area contributed by atoms with Crippen molar-refractivity contribution in [2.45, 2.75) is 149 Å². The average Bonchev–Trinajstić information content (AvgIpc) is 3.76. The van der Waals surface area contributed by atoms with Gasteiger partial charge in [0.05, 0.1) is 49.4 Å². The highest BCUT2D eigenvalue weighted by atomic mass is 16.7. The average molecular weight is 884 g/mol. The SMILES string of the molecule is CC[C@H]1OC(=O)[C@H](C)C(=O)[C@H](C)[C@@H](O[C@@H]2O[C@H](C)C[C@H](N(C)C)[C@H]2OC(C)=O)[C@@]2(C)C[C@@H](C)/C(=N\C(C)=O)[C@H](C)[C@@H](OC/C(=N\OCc3ccc(-c4ccno4)nc3)CO2)[C@]1(C)O. The van der Waals surface area contributed by atoms with Crippen LogP contribution in [0.5, 0.6) is 0 Å². The first kappa shape index (κ1) is 49.6. The number of ketones is 1. The standard InChI is InChI=1S/C45H65N5O13/c1-13-36-45(10,55)41-26(4)37(48-29(7)51)24(2)19-44(9,57-23-32(22-56-41)49-58-21-31-14-15-33(46-20-31)35-16-17-47-63-35)40(27(5)38(53)28(6)42(54)61-36)62-43-39(60-30(8)52)34(50(11)12)18-25(3)59-43/h14-17,20,24-28,34,36,39-41,43,55H,13,18-19,21-23H2,1-12H3/b48-37+,49-32+/t24-,25-,26+,27+,28-,34+,36-,39-,40-,41-,43+,44-,45-/m1/s1. The van der Waals surface area contributed by atoms with E-state index in [1.54, 1.807) is 46.0 Å². The molecule has 2 bridgehead atoms. The maximum atomic E-state index is 14.7. The van der Waals surface area contributed by atoms with E-state index in [2.05, 4.69) is 20.3 Å². The number of esters is 2. The maximum Gasteiger partial charge on any atom is 0.316 e. The topological polar surface area (TPSA) is 220 Å². The Morgan fingerprint density at radius 1 is 1.03 bits per heavy atom. The molecule has 13 atom stereocenters. The molecule has 0 radical (unpaired) electrons. The van der Waals surface area contributed by atoms with Crippen LogP contribution in [0.3, 0.4) is 0 Å². The van der Waals surface area contributed by atoms with Crippen molar-refractivity contribution < 1.29 is 62.1 Å². The van der Waals surface area contributed by atoms with Gasteiger partial charge in [-0.05, 0) is 73.0 Å². The van der Waals surface area contributed by atoms with Crippen molar-refractivity contribution in [3.05, 3.63) is 36.2 Å². The van der Waals surface area contributed by atoms with Gasteiger partial charge in [0.25, 0.3) is 0 Å². The Morgan fingerprint density at radius 2 is 1.76 bits per heavy atom. The first-order valence-corrected chi connectivity index (χ1v) is 21.7. The number of ether oxygens (including phenoxy) is 6. The number of nitrogens with zero attached hydrogens (tertiary/aromatic N) is 5. The van der Waals surface area contributed by atoms with Crippen molar-refractivity contribution in [2.24, 2.45) is 33.8 Å². The third kappa shape index (κ3) is 11.8. The van der Waals surface area contributed by atoms with Crippen molar-refractivity contribution in [1.82, 2.24) is 15.0 Å². The van der Waals surface area contributed by atoms with Crippen LogP contribution >= 0.6 is 0 Å². The second kappa shape index (κ2) is 21.0. The molecule has 0 spiro atoms. The quantitative estimate of drug-likeness (QED) is 0.204. The van der Waals surface area contributed by atoms with Crippen molar-refractivity contribution in [3.63, 3.8) is 0 Å². The Kier molecular flexibility index (Phi) is 16.5. The summed E-state index contributed by atoms with van der Waals surface area (Å²) >= 11 is 0. The Morgan fingerprint density at radius 3 is 2.37 bits per heavy atom. The smallest absolute Gasteiger partial charge is 0.316 e. The van der Waals surface area contributed by atoms with Crippen LogP contribution in [0, 0.1) is 23.7 Å². The minimum Gasteiger partial charge on any atom is -0.459 e. The number of oxime groups is 1. The Bertz CT molecular complexity index is 1950. The number of rotatable bonds is 9. The van der Waals surface area contributed by atoms with E-state index in [1.165, 1.54) is 33.9 Å².